The summed E-state index contributed by atoms with van der Waals surface area (Å²) in [6.07, 6.45) is 2.17. The van der Waals surface area contributed by atoms with Crippen LogP contribution >= 0.6 is 0 Å². The number of hydrogen-bond donors (Lipinski definition) is 1. The fraction of sp³-hybridized carbons (Fsp3) is 0.429. The Labute approximate surface area is 102 Å². The molecule has 0 amide bonds. The predicted octanol–water partition coefficient (Wildman–Crippen LogP) is 2.47. The average Bonchev–Trinajstić information content (AvgIpc) is 2.36. The second-order valence-corrected chi connectivity index (χ2v) is 4.17. The maximum atomic E-state index is 5.56. The number of hydrogen-bond acceptors (Lipinski definition) is 3. The first-order chi connectivity index (χ1) is 8.29. The predicted molar refractivity (Wildman–Crippen MR) is 69.6 cm³/mol. The maximum absolute atomic E-state index is 5.56. The smallest absolute Gasteiger partial charge is 0.161 e. The molecule has 0 spiro atoms. The lowest BCUT2D eigenvalue weighted by Crippen LogP contribution is -2.15. The number of ether oxygens (including phenoxy) is 2. The molecule has 0 saturated heterocycles. The van der Waals surface area contributed by atoms with Crippen LogP contribution in [0.4, 0.5) is 0 Å². The van der Waals surface area contributed by atoms with Crippen LogP contribution in [0.1, 0.15) is 19.4 Å². The Morgan fingerprint density at radius 1 is 1.29 bits per heavy atom. The van der Waals surface area contributed by atoms with Crippen LogP contribution in [-0.2, 0) is 0 Å². The summed E-state index contributed by atoms with van der Waals surface area (Å²) in [6.45, 7) is 7.42. The molecule has 0 atom stereocenters. The summed E-state index contributed by atoms with van der Waals surface area (Å²) in [4.78, 5) is 0. The number of benzene rings is 1. The lowest BCUT2D eigenvalue weighted by molar-refractivity contribution is 0.171. The molecule has 1 N–H and O–H groups in total. The van der Waals surface area contributed by atoms with Crippen molar-refractivity contribution in [3.63, 3.8) is 0 Å². The van der Waals surface area contributed by atoms with E-state index in [9.17, 15) is 0 Å². The zero-order chi connectivity index (χ0) is 12.1. The molecule has 0 saturated carbocycles. The molecule has 0 bridgehead atoms. The minimum Gasteiger partial charge on any atom is -0.486 e. The molecule has 3 nitrogen and oxygen atoms in total. The van der Waals surface area contributed by atoms with E-state index in [1.54, 1.807) is 0 Å². The largest absolute Gasteiger partial charge is 0.486 e. The van der Waals surface area contributed by atoms with Gasteiger partial charge in [0, 0.05) is 6.54 Å². The molecule has 0 fully saturated rings. The summed E-state index contributed by atoms with van der Waals surface area (Å²) in [5.41, 5.74) is 2.47. The lowest BCUT2D eigenvalue weighted by atomic mass is 10.1. The molecular formula is C14H19NO2. The van der Waals surface area contributed by atoms with Gasteiger partial charge in [-0.1, -0.05) is 24.6 Å². The third-order valence-electron chi connectivity index (χ3n) is 2.63. The van der Waals surface area contributed by atoms with Gasteiger partial charge in [-0.3, -0.25) is 0 Å². The van der Waals surface area contributed by atoms with Crippen LogP contribution in [0.25, 0.3) is 6.08 Å². The van der Waals surface area contributed by atoms with E-state index >= 15 is 0 Å². The van der Waals surface area contributed by atoms with Crippen molar-refractivity contribution in [2.24, 2.45) is 0 Å². The molecule has 1 aliphatic rings. The van der Waals surface area contributed by atoms with E-state index in [1.165, 1.54) is 5.57 Å². The van der Waals surface area contributed by atoms with Gasteiger partial charge in [-0.2, -0.15) is 0 Å². The molecule has 0 unspecified atom stereocenters. The SMILES string of the molecule is CCNCC(C)=Cc1ccc2c(c1)OCCO2. The summed E-state index contributed by atoms with van der Waals surface area (Å²) < 4.78 is 11.0. The molecule has 1 heterocycles. The summed E-state index contributed by atoms with van der Waals surface area (Å²) in [6, 6.07) is 6.06. The highest BCUT2D eigenvalue weighted by Gasteiger charge is 2.10. The van der Waals surface area contributed by atoms with Crippen molar-refractivity contribution in [1.29, 1.82) is 0 Å². The van der Waals surface area contributed by atoms with Crippen molar-refractivity contribution in [3.8, 4) is 11.5 Å². The van der Waals surface area contributed by atoms with Crippen molar-refractivity contribution in [2.75, 3.05) is 26.3 Å². The minimum atomic E-state index is 0.635. The first-order valence-corrected chi connectivity index (χ1v) is 6.07. The number of rotatable bonds is 4. The molecule has 1 aliphatic heterocycles. The normalized spacial score (nSPS) is 14.8. The van der Waals surface area contributed by atoms with Crippen LogP contribution in [0.2, 0.25) is 0 Å². The fourth-order valence-corrected chi connectivity index (χ4v) is 1.81. The minimum absolute atomic E-state index is 0.635. The Kier molecular flexibility index (Phi) is 4.04. The van der Waals surface area contributed by atoms with Crippen LogP contribution in [-0.4, -0.2) is 26.3 Å². The first-order valence-electron chi connectivity index (χ1n) is 6.07. The molecule has 0 aliphatic carbocycles. The second-order valence-electron chi connectivity index (χ2n) is 4.17. The zero-order valence-electron chi connectivity index (χ0n) is 10.5. The molecule has 0 radical (unpaired) electrons. The lowest BCUT2D eigenvalue weighted by Gasteiger charge is -2.18. The van der Waals surface area contributed by atoms with Crippen molar-refractivity contribution in [2.45, 2.75) is 13.8 Å². The van der Waals surface area contributed by atoms with Crippen LogP contribution in [0.5, 0.6) is 11.5 Å². The van der Waals surface area contributed by atoms with Gasteiger partial charge in [0.2, 0.25) is 0 Å². The summed E-state index contributed by atoms with van der Waals surface area (Å²) in [7, 11) is 0. The van der Waals surface area contributed by atoms with Crippen LogP contribution < -0.4 is 14.8 Å². The van der Waals surface area contributed by atoms with Crippen molar-refractivity contribution >= 4 is 6.08 Å². The van der Waals surface area contributed by atoms with Crippen molar-refractivity contribution in [3.05, 3.63) is 29.3 Å². The summed E-state index contributed by atoms with van der Waals surface area (Å²) in [5.74, 6) is 1.69. The first kappa shape index (κ1) is 12.0. The van der Waals surface area contributed by atoms with E-state index in [1.807, 2.05) is 12.1 Å². The van der Waals surface area contributed by atoms with E-state index in [-0.39, 0.29) is 0 Å². The highest BCUT2D eigenvalue weighted by atomic mass is 16.6. The monoisotopic (exact) mass is 233 g/mol. The average molecular weight is 233 g/mol. The van der Waals surface area contributed by atoms with Crippen LogP contribution in [0.15, 0.2) is 23.8 Å². The Morgan fingerprint density at radius 2 is 2.06 bits per heavy atom. The fourth-order valence-electron chi connectivity index (χ4n) is 1.81. The van der Waals surface area contributed by atoms with Gasteiger partial charge in [0.15, 0.2) is 11.5 Å². The van der Waals surface area contributed by atoms with Gasteiger partial charge >= 0.3 is 0 Å². The summed E-state index contributed by atoms with van der Waals surface area (Å²) >= 11 is 0. The Hall–Kier alpha value is -1.48. The molecule has 92 valence electrons. The van der Waals surface area contributed by atoms with Gasteiger partial charge in [-0.25, -0.2) is 0 Å². The second kappa shape index (κ2) is 5.73. The van der Waals surface area contributed by atoms with E-state index in [2.05, 4.69) is 31.3 Å². The molecule has 1 aromatic rings. The van der Waals surface area contributed by atoms with E-state index in [0.29, 0.717) is 13.2 Å². The highest BCUT2D eigenvalue weighted by molar-refractivity contribution is 5.58. The Morgan fingerprint density at radius 3 is 2.82 bits per heavy atom. The van der Waals surface area contributed by atoms with Gasteiger partial charge in [-0.05, 0) is 31.2 Å². The van der Waals surface area contributed by atoms with E-state index < -0.39 is 0 Å². The molecule has 2 rings (SSSR count). The quantitative estimate of drug-likeness (QED) is 0.866. The topological polar surface area (TPSA) is 30.5 Å². The third kappa shape index (κ3) is 3.24. The summed E-state index contributed by atoms with van der Waals surface area (Å²) in [5, 5.41) is 3.31. The standard InChI is InChI=1S/C14H19NO2/c1-3-15-10-11(2)8-12-4-5-13-14(9-12)17-7-6-16-13/h4-5,8-9,15H,3,6-7,10H2,1-2H3. The Bertz CT molecular complexity index is 413. The molecular weight excluding hydrogens is 214 g/mol. The van der Waals surface area contributed by atoms with Crippen molar-refractivity contribution in [1.82, 2.24) is 5.32 Å². The highest BCUT2D eigenvalue weighted by Crippen LogP contribution is 2.31. The van der Waals surface area contributed by atoms with Gasteiger partial charge < -0.3 is 14.8 Å². The van der Waals surface area contributed by atoms with Gasteiger partial charge in [-0.15, -0.1) is 0 Å². The van der Waals surface area contributed by atoms with Gasteiger partial charge in [0.25, 0.3) is 0 Å². The molecule has 17 heavy (non-hydrogen) atoms. The Balaban J connectivity index is 2.11. The van der Waals surface area contributed by atoms with Gasteiger partial charge in [0.1, 0.15) is 13.2 Å². The molecule has 0 aromatic heterocycles. The number of likely N-dealkylation sites (N-methyl/N-ethyl adjacent to an activating group) is 1. The van der Waals surface area contributed by atoms with E-state index in [0.717, 1.165) is 30.2 Å². The zero-order valence-corrected chi connectivity index (χ0v) is 10.5. The molecule has 3 heteroatoms. The van der Waals surface area contributed by atoms with Crippen LogP contribution in [0, 0.1) is 0 Å². The maximum Gasteiger partial charge on any atom is 0.161 e. The molecule has 1 aromatic carbocycles. The van der Waals surface area contributed by atoms with E-state index in [4.69, 9.17) is 9.47 Å². The number of nitrogens with one attached hydrogen (secondary N) is 1. The van der Waals surface area contributed by atoms with Gasteiger partial charge in [0.05, 0.1) is 0 Å². The number of fused-ring (bicyclic) bond motifs is 1. The third-order valence-corrected chi connectivity index (χ3v) is 2.63. The van der Waals surface area contributed by atoms with Crippen LogP contribution in [0.3, 0.4) is 0 Å². The van der Waals surface area contributed by atoms with Crippen molar-refractivity contribution < 1.29 is 9.47 Å².